The molecule has 1 heterocycles. The lowest BCUT2D eigenvalue weighted by Crippen LogP contribution is -1.91. The van der Waals surface area contributed by atoms with E-state index >= 15 is 0 Å². The lowest BCUT2D eigenvalue weighted by atomic mass is 10.1. The minimum atomic E-state index is 0.456. The molecule has 0 spiro atoms. The average Bonchev–Trinajstić information content (AvgIpc) is 2.90. The zero-order valence-electron chi connectivity index (χ0n) is 9.75. The van der Waals surface area contributed by atoms with E-state index in [1.165, 1.54) is 19.1 Å². The summed E-state index contributed by atoms with van der Waals surface area (Å²) in [4.78, 5) is 0. The summed E-state index contributed by atoms with van der Waals surface area (Å²) in [5.74, 6) is 0. The molecule has 2 aromatic rings. The Morgan fingerprint density at radius 2 is 1.61 bits per heavy atom. The Hall–Kier alpha value is -1.36. The molecule has 0 bridgehead atoms. The van der Waals surface area contributed by atoms with Crippen LogP contribution in [0.1, 0.15) is 16.8 Å². The van der Waals surface area contributed by atoms with Crippen molar-refractivity contribution >= 4 is 25.1 Å². The second-order valence-corrected chi connectivity index (χ2v) is 5.91. The largest absolute Gasteiger partial charge is 0.0837 e. The molecule has 1 unspecified atom stereocenters. The van der Waals surface area contributed by atoms with Crippen LogP contribution in [0.5, 0.6) is 0 Å². The molecule has 1 atom stereocenters. The zero-order valence-corrected chi connectivity index (χ0v) is 11.4. The van der Waals surface area contributed by atoms with Crippen molar-refractivity contribution in [3.8, 4) is 0 Å². The van der Waals surface area contributed by atoms with Crippen molar-refractivity contribution < 1.29 is 0 Å². The molecule has 0 saturated heterocycles. The number of hydrogen-bond donors (Lipinski definition) is 0. The average molecular weight is 271 g/mol. The molecule has 0 fully saturated rings. The fourth-order valence-electron chi connectivity index (χ4n) is 2.08. The second-order valence-electron chi connectivity index (χ2n) is 4.21. The van der Waals surface area contributed by atoms with Crippen LogP contribution in [0.25, 0.3) is 0 Å². The summed E-state index contributed by atoms with van der Waals surface area (Å²) in [5.41, 5.74) is 2.96. The van der Waals surface area contributed by atoms with Gasteiger partial charge in [0.1, 0.15) is 0 Å². The minimum Gasteiger partial charge on any atom is -0.0837 e. The Labute approximate surface area is 114 Å². The molecule has 88 valence electrons. The molecule has 0 aliphatic carbocycles. The second kappa shape index (κ2) is 5.10. The molecule has 0 radical (unpaired) electrons. The van der Waals surface area contributed by atoms with Gasteiger partial charge in [-0.25, -0.2) is 0 Å². The van der Waals surface area contributed by atoms with E-state index in [1.807, 2.05) is 18.2 Å². The third-order valence-corrected chi connectivity index (χ3v) is 4.75. The van der Waals surface area contributed by atoms with Crippen LogP contribution in [0.2, 0.25) is 5.02 Å². The van der Waals surface area contributed by atoms with Crippen LogP contribution in [0.4, 0.5) is 0 Å². The number of hydrogen-bond acceptors (Lipinski definition) is 0. The first kappa shape index (κ1) is 11.7. The SMILES string of the molecule is Clc1ccccc1C1=PC(c2ccccc2)C=C1. The van der Waals surface area contributed by atoms with Crippen molar-refractivity contribution in [1.82, 2.24) is 0 Å². The Kier molecular flexibility index (Phi) is 3.32. The standard InChI is InChI=1S/C16H12ClP/c17-14-9-5-4-8-13(14)16-11-10-15(18-16)12-6-2-1-3-7-12/h1-11,15H. The topological polar surface area (TPSA) is 0 Å². The molecule has 0 amide bonds. The van der Waals surface area contributed by atoms with Crippen LogP contribution in [-0.2, 0) is 0 Å². The summed E-state index contributed by atoms with van der Waals surface area (Å²) in [6.45, 7) is 0. The highest BCUT2D eigenvalue weighted by atomic mass is 35.5. The highest BCUT2D eigenvalue weighted by molar-refractivity contribution is 7.43. The molecule has 2 aromatic carbocycles. The van der Waals surface area contributed by atoms with Gasteiger partial charge in [0.05, 0.1) is 0 Å². The lowest BCUT2D eigenvalue weighted by molar-refractivity contribution is 1.24. The van der Waals surface area contributed by atoms with Gasteiger partial charge in [-0.2, -0.15) is 0 Å². The van der Waals surface area contributed by atoms with Crippen LogP contribution in [-0.4, -0.2) is 5.29 Å². The molecule has 3 rings (SSSR count). The maximum atomic E-state index is 6.24. The van der Waals surface area contributed by atoms with Crippen LogP contribution < -0.4 is 0 Å². The van der Waals surface area contributed by atoms with Crippen molar-refractivity contribution in [2.75, 3.05) is 0 Å². The summed E-state index contributed by atoms with van der Waals surface area (Å²) in [7, 11) is 1.31. The number of allylic oxidation sites excluding steroid dienone is 2. The van der Waals surface area contributed by atoms with Gasteiger partial charge in [-0.15, -0.1) is 0 Å². The van der Waals surface area contributed by atoms with Crippen LogP contribution >= 0.6 is 19.8 Å². The Balaban J connectivity index is 1.94. The molecule has 0 aromatic heterocycles. The Bertz CT molecular complexity index is 614. The fourth-order valence-corrected chi connectivity index (χ4v) is 3.68. The summed E-state index contributed by atoms with van der Waals surface area (Å²) in [6.07, 6.45) is 4.45. The first-order valence-corrected chi connectivity index (χ1v) is 7.24. The summed E-state index contributed by atoms with van der Waals surface area (Å²) in [5, 5.41) is 2.13. The maximum absolute atomic E-state index is 6.24. The molecular weight excluding hydrogens is 259 g/mol. The Morgan fingerprint density at radius 3 is 2.39 bits per heavy atom. The normalized spacial score (nSPS) is 18.7. The molecule has 0 saturated carbocycles. The van der Waals surface area contributed by atoms with Crippen molar-refractivity contribution in [3.05, 3.63) is 82.9 Å². The third kappa shape index (κ3) is 2.27. The molecule has 18 heavy (non-hydrogen) atoms. The van der Waals surface area contributed by atoms with E-state index in [9.17, 15) is 0 Å². The smallest absolute Gasteiger partial charge is 0.0487 e. The quantitative estimate of drug-likeness (QED) is 0.665. The van der Waals surface area contributed by atoms with Crippen molar-refractivity contribution in [2.45, 2.75) is 5.66 Å². The van der Waals surface area contributed by atoms with E-state index in [0.717, 1.165) is 10.6 Å². The van der Waals surface area contributed by atoms with Gasteiger partial charge in [-0.3, -0.25) is 0 Å². The first-order valence-electron chi connectivity index (χ1n) is 5.90. The number of rotatable bonds is 2. The van der Waals surface area contributed by atoms with Gasteiger partial charge in [-0.1, -0.05) is 80.5 Å². The molecule has 0 N–H and O–H groups in total. The summed E-state index contributed by atoms with van der Waals surface area (Å²) < 4.78 is 0. The Morgan fingerprint density at radius 1 is 0.889 bits per heavy atom. The van der Waals surface area contributed by atoms with E-state index in [0.29, 0.717) is 5.66 Å². The zero-order chi connectivity index (χ0) is 12.4. The monoisotopic (exact) mass is 270 g/mol. The molecule has 0 nitrogen and oxygen atoms in total. The van der Waals surface area contributed by atoms with Crippen LogP contribution in [0.15, 0.2) is 66.7 Å². The van der Waals surface area contributed by atoms with Crippen molar-refractivity contribution in [2.24, 2.45) is 0 Å². The molecular formula is C16H12ClP. The van der Waals surface area contributed by atoms with Crippen molar-refractivity contribution in [3.63, 3.8) is 0 Å². The van der Waals surface area contributed by atoms with E-state index < -0.39 is 0 Å². The number of halogens is 1. The highest BCUT2D eigenvalue weighted by Crippen LogP contribution is 2.37. The van der Waals surface area contributed by atoms with Crippen LogP contribution in [0.3, 0.4) is 0 Å². The summed E-state index contributed by atoms with van der Waals surface area (Å²) in [6, 6.07) is 18.6. The predicted octanol–water partition coefficient (Wildman–Crippen LogP) is 5.12. The fraction of sp³-hybridized carbons (Fsp3) is 0.0625. The van der Waals surface area contributed by atoms with Gasteiger partial charge in [0, 0.05) is 21.5 Å². The van der Waals surface area contributed by atoms with E-state index in [4.69, 9.17) is 11.6 Å². The predicted molar refractivity (Wildman–Crippen MR) is 80.8 cm³/mol. The molecule has 1 aliphatic heterocycles. The van der Waals surface area contributed by atoms with Gasteiger partial charge in [0.25, 0.3) is 0 Å². The van der Waals surface area contributed by atoms with Gasteiger partial charge in [0.15, 0.2) is 0 Å². The summed E-state index contributed by atoms with van der Waals surface area (Å²) >= 11 is 6.24. The maximum Gasteiger partial charge on any atom is 0.0487 e. The lowest BCUT2D eigenvalue weighted by Gasteiger charge is -2.05. The molecule has 2 heteroatoms. The van der Waals surface area contributed by atoms with Crippen molar-refractivity contribution in [1.29, 1.82) is 0 Å². The number of benzene rings is 2. The third-order valence-electron chi connectivity index (χ3n) is 3.01. The van der Waals surface area contributed by atoms with Gasteiger partial charge in [0.2, 0.25) is 0 Å². The van der Waals surface area contributed by atoms with Gasteiger partial charge >= 0.3 is 0 Å². The van der Waals surface area contributed by atoms with Gasteiger partial charge in [-0.05, 0) is 11.6 Å². The van der Waals surface area contributed by atoms with E-state index in [2.05, 4.69) is 48.6 Å². The molecule has 1 aliphatic rings. The first-order chi connectivity index (χ1) is 8.84. The van der Waals surface area contributed by atoms with Gasteiger partial charge < -0.3 is 0 Å². The highest BCUT2D eigenvalue weighted by Gasteiger charge is 2.14. The minimum absolute atomic E-state index is 0.456. The van der Waals surface area contributed by atoms with E-state index in [-0.39, 0.29) is 0 Å². The van der Waals surface area contributed by atoms with E-state index in [1.54, 1.807) is 0 Å². The van der Waals surface area contributed by atoms with Crippen LogP contribution in [0, 0.1) is 0 Å².